The van der Waals surface area contributed by atoms with Gasteiger partial charge in [0.05, 0.1) is 16.7 Å². The predicted molar refractivity (Wildman–Crippen MR) is 99.1 cm³/mol. The number of nitrogens with one attached hydrogen (secondary N) is 1. The first-order valence-electron chi connectivity index (χ1n) is 8.28. The summed E-state index contributed by atoms with van der Waals surface area (Å²) in [4.78, 5) is 4.76. The molecule has 1 N–H and O–H groups in total. The average molecular weight is 328 g/mol. The second-order valence-corrected chi connectivity index (χ2v) is 6.06. The second-order valence-electron chi connectivity index (χ2n) is 6.06. The van der Waals surface area contributed by atoms with Crippen molar-refractivity contribution in [2.75, 3.05) is 12.1 Å². The van der Waals surface area contributed by atoms with Gasteiger partial charge in [0.2, 0.25) is 6.79 Å². The Morgan fingerprint density at radius 2 is 1.48 bits per heavy atom. The molecule has 1 aliphatic heterocycles. The van der Waals surface area contributed by atoms with Gasteiger partial charge in [0.15, 0.2) is 11.5 Å². The topological polar surface area (TPSA) is 43.4 Å². The van der Waals surface area contributed by atoms with Crippen LogP contribution < -0.4 is 14.8 Å². The molecule has 0 spiro atoms. The lowest BCUT2D eigenvalue weighted by Gasteiger charge is -2.13. The zero-order chi connectivity index (χ0) is 16.6. The van der Waals surface area contributed by atoms with Gasteiger partial charge in [-0.3, -0.25) is 0 Å². The average Bonchev–Trinajstić information content (AvgIpc) is 3.13. The van der Waals surface area contributed by atoms with E-state index in [2.05, 4.69) is 23.5 Å². The van der Waals surface area contributed by atoms with E-state index in [1.165, 1.54) is 0 Å². The van der Waals surface area contributed by atoms with E-state index in [1.807, 2.05) is 48.5 Å². The lowest BCUT2D eigenvalue weighted by atomic mass is 10.1. The molecule has 1 aromatic heterocycles. The molecule has 0 atom stereocenters. The molecule has 0 amide bonds. The number of benzene rings is 3. The van der Waals surface area contributed by atoms with Gasteiger partial charge in [0.1, 0.15) is 0 Å². The smallest absolute Gasteiger partial charge is 0.231 e. The monoisotopic (exact) mass is 328 g/mol. The molecule has 0 bridgehead atoms. The number of pyridine rings is 1. The highest BCUT2D eigenvalue weighted by Crippen LogP contribution is 2.34. The normalized spacial score (nSPS) is 12.6. The van der Waals surface area contributed by atoms with Crippen molar-refractivity contribution in [2.45, 2.75) is 6.54 Å². The maximum atomic E-state index is 5.47. The van der Waals surface area contributed by atoms with Gasteiger partial charge < -0.3 is 14.8 Å². The Morgan fingerprint density at radius 3 is 2.24 bits per heavy atom. The van der Waals surface area contributed by atoms with E-state index >= 15 is 0 Å². The van der Waals surface area contributed by atoms with E-state index in [0.717, 1.165) is 44.6 Å². The third-order valence-electron chi connectivity index (χ3n) is 4.49. The molecule has 0 radical (unpaired) electrons. The summed E-state index contributed by atoms with van der Waals surface area (Å²) in [6.45, 7) is 1.00. The highest BCUT2D eigenvalue weighted by atomic mass is 16.7. The molecule has 0 aliphatic carbocycles. The molecule has 0 unspecified atom stereocenters. The maximum Gasteiger partial charge on any atom is 0.231 e. The SMILES string of the molecule is c1ccc2c(NCc3ccc4c(c3)OCO4)c3ccccc3nc2c1. The Morgan fingerprint density at radius 1 is 0.800 bits per heavy atom. The third kappa shape index (κ3) is 2.43. The summed E-state index contributed by atoms with van der Waals surface area (Å²) in [5.74, 6) is 1.62. The van der Waals surface area contributed by atoms with E-state index < -0.39 is 0 Å². The molecule has 3 aromatic carbocycles. The molecule has 122 valence electrons. The minimum atomic E-state index is 0.297. The Hall–Kier alpha value is -3.27. The van der Waals surface area contributed by atoms with Crippen molar-refractivity contribution in [1.29, 1.82) is 0 Å². The van der Waals surface area contributed by atoms with E-state index in [-0.39, 0.29) is 0 Å². The van der Waals surface area contributed by atoms with Crippen molar-refractivity contribution in [3.05, 3.63) is 72.3 Å². The van der Waals surface area contributed by atoms with E-state index in [0.29, 0.717) is 13.3 Å². The molecule has 25 heavy (non-hydrogen) atoms. The van der Waals surface area contributed by atoms with Gasteiger partial charge in [-0.2, -0.15) is 0 Å². The fraction of sp³-hybridized carbons (Fsp3) is 0.0952. The van der Waals surface area contributed by atoms with Crippen LogP contribution in [-0.4, -0.2) is 11.8 Å². The lowest BCUT2D eigenvalue weighted by molar-refractivity contribution is 0.174. The Balaban J connectivity index is 1.57. The van der Waals surface area contributed by atoms with Crippen molar-refractivity contribution in [1.82, 2.24) is 4.98 Å². The lowest BCUT2D eigenvalue weighted by Crippen LogP contribution is -2.01. The molecule has 4 nitrogen and oxygen atoms in total. The van der Waals surface area contributed by atoms with Crippen molar-refractivity contribution < 1.29 is 9.47 Å². The molecular weight excluding hydrogens is 312 g/mol. The second kappa shape index (κ2) is 5.67. The van der Waals surface area contributed by atoms with Gasteiger partial charge in [0, 0.05) is 17.3 Å². The van der Waals surface area contributed by atoms with Crippen molar-refractivity contribution >= 4 is 27.5 Å². The van der Waals surface area contributed by atoms with Crippen LogP contribution in [0.3, 0.4) is 0 Å². The van der Waals surface area contributed by atoms with Gasteiger partial charge >= 0.3 is 0 Å². The number of aromatic nitrogens is 1. The van der Waals surface area contributed by atoms with E-state index in [4.69, 9.17) is 14.5 Å². The highest BCUT2D eigenvalue weighted by Gasteiger charge is 2.14. The fourth-order valence-electron chi connectivity index (χ4n) is 3.27. The summed E-state index contributed by atoms with van der Waals surface area (Å²) in [6.07, 6.45) is 0. The van der Waals surface area contributed by atoms with Crippen LogP contribution in [0.2, 0.25) is 0 Å². The molecule has 2 heterocycles. The first-order chi connectivity index (χ1) is 12.4. The van der Waals surface area contributed by atoms with Crippen LogP contribution in [0.5, 0.6) is 11.5 Å². The predicted octanol–water partition coefficient (Wildman–Crippen LogP) is 4.73. The number of hydrogen-bond acceptors (Lipinski definition) is 4. The first kappa shape index (κ1) is 14.1. The van der Waals surface area contributed by atoms with Crippen LogP contribution in [0.1, 0.15) is 5.56 Å². The number of nitrogens with zero attached hydrogens (tertiary/aromatic N) is 1. The van der Waals surface area contributed by atoms with Crippen molar-refractivity contribution in [3.63, 3.8) is 0 Å². The molecule has 1 aliphatic rings. The van der Waals surface area contributed by atoms with Crippen molar-refractivity contribution in [3.8, 4) is 11.5 Å². The van der Waals surface area contributed by atoms with Crippen molar-refractivity contribution in [2.24, 2.45) is 0 Å². The van der Waals surface area contributed by atoms with Gasteiger partial charge in [-0.25, -0.2) is 4.98 Å². The van der Waals surface area contributed by atoms with Crippen LogP contribution in [0.15, 0.2) is 66.7 Å². The molecular formula is C21H16N2O2. The largest absolute Gasteiger partial charge is 0.454 e. The zero-order valence-electron chi connectivity index (χ0n) is 13.5. The Bertz CT molecular complexity index is 1040. The van der Waals surface area contributed by atoms with Gasteiger partial charge in [0.25, 0.3) is 0 Å². The van der Waals surface area contributed by atoms with Gasteiger partial charge in [-0.15, -0.1) is 0 Å². The number of rotatable bonds is 3. The highest BCUT2D eigenvalue weighted by molar-refractivity contribution is 6.07. The molecule has 0 saturated heterocycles. The summed E-state index contributed by atoms with van der Waals surface area (Å²) in [5, 5.41) is 5.86. The molecule has 4 aromatic rings. The summed E-state index contributed by atoms with van der Waals surface area (Å²) in [5.41, 5.74) is 4.25. The number of hydrogen-bond donors (Lipinski definition) is 1. The molecule has 0 saturated carbocycles. The number of anilines is 1. The number of fused-ring (bicyclic) bond motifs is 3. The fourth-order valence-corrected chi connectivity index (χ4v) is 3.27. The quantitative estimate of drug-likeness (QED) is 0.552. The molecule has 4 heteroatoms. The minimum absolute atomic E-state index is 0.297. The van der Waals surface area contributed by atoms with Crippen LogP contribution >= 0.6 is 0 Å². The van der Waals surface area contributed by atoms with Gasteiger partial charge in [-0.05, 0) is 29.8 Å². The van der Waals surface area contributed by atoms with Crippen LogP contribution in [0.25, 0.3) is 21.8 Å². The van der Waals surface area contributed by atoms with Crippen LogP contribution in [0.4, 0.5) is 5.69 Å². The minimum Gasteiger partial charge on any atom is -0.454 e. The Labute approximate surface area is 145 Å². The standard InChI is InChI=1S/C21H16N2O2/c1-3-7-17-15(5-1)21(16-6-2-4-8-18(16)23-17)22-12-14-9-10-19-20(11-14)25-13-24-19/h1-11H,12-13H2,(H,22,23). The van der Waals surface area contributed by atoms with Gasteiger partial charge in [-0.1, -0.05) is 42.5 Å². The summed E-state index contributed by atoms with van der Waals surface area (Å²) in [6, 6.07) is 22.5. The van der Waals surface area contributed by atoms with Crippen LogP contribution in [-0.2, 0) is 6.54 Å². The summed E-state index contributed by atoms with van der Waals surface area (Å²) in [7, 11) is 0. The zero-order valence-corrected chi connectivity index (χ0v) is 13.5. The maximum absolute atomic E-state index is 5.47. The molecule has 0 fully saturated rings. The summed E-state index contributed by atoms with van der Waals surface area (Å²) >= 11 is 0. The Kier molecular flexibility index (Phi) is 3.20. The third-order valence-corrected chi connectivity index (χ3v) is 4.49. The summed E-state index contributed by atoms with van der Waals surface area (Å²) < 4.78 is 10.9. The number of para-hydroxylation sites is 2. The van der Waals surface area contributed by atoms with E-state index in [9.17, 15) is 0 Å². The number of ether oxygens (including phenoxy) is 2. The first-order valence-corrected chi connectivity index (χ1v) is 8.28. The van der Waals surface area contributed by atoms with E-state index in [1.54, 1.807) is 0 Å². The molecule has 5 rings (SSSR count). The van der Waals surface area contributed by atoms with Crippen LogP contribution in [0, 0.1) is 0 Å².